The highest BCUT2D eigenvalue weighted by Gasteiger charge is 2.21. The SMILES string of the molecule is CC(C)c1ccc(N2C=CN(c3cccc(Oc4ccc5c6ccccc6n(-c6cc(C(C)(C)C)ccn6)c5c4)c3)C2)c(C(C)C)c1. The Labute approximate surface area is 278 Å². The third-order valence-corrected chi connectivity index (χ3v) is 9.25. The molecule has 0 saturated carbocycles. The van der Waals surface area contributed by atoms with Crippen LogP contribution in [0.4, 0.5) is 11.4 Å². The maximum atomic E-state index is 6.55. The molecule has 5 heteroatoms. The van der Waals surface area contributed by atoms with Crippen molar-refractivity contribution in [2.45, 2.75) is 65.7 Å². The number of anilines is 2. The Balaban J connectivity index is 1.18. The first-order valence-corrected chi connectivity index (χ1v) is 16.7. The Kier molecular flexibility index (Phi) is 7.79. The van der Waals surface area contributed by atoms with E-state index in [-0.39, 0.29) is 5.41 Å². The third kappa shape index (κ3) is 5.87. The highest BCUT2D eigenvalue weighted by molar-refractivity contribution is 6.09. The van der Waals surface area contributed by atoms with Crippen LogP contribution in [0.2, 0.25) is 0 Å². The zero-order valence-corrected chi connectivity index (χ0v) is 28.5. The van der Waals surface area contributed by atoms with Crippen LogP contribution in [0, 0.1) is 0 Å². The Morgan fingerprint density at radius 1 is 0.681 bits per heavy atom. The summed E-state index contributed by atoms with van der Waals surface area (Å²) in [5.41, 5.74) is 8.59. The summed E-state index contributed by atoms with van der Waals surface area (Å²) in [7, 11) is 0. The molecule has 47 heavy (non-hydrogen) atoms. The lowest BCUT2D eigenvalue weighted by Gasteiger charge is -2.26. The van der Waals surface area contributed by atoms with E-state index in [1.54, 1.807) is 0 Å². The molecule has 238 valence electrons. The van der Waals surface area contributed by atoms with Gasteiger partial charge in [0.1, 0.15) is 17.3 Å². The van der Waals surface area contributed by atoms with Crippen molar-refractivity contribution in [2.24, 2.45) is 0 Å². The first-order valence-electron chi connectivity index (χ1n) is 16.7. The van der Waals surface area contributed by atoms with Gasteiger partial charge in [0, 0.05) is 52.9 Å². The smallest absolute Gasteiger partial charge is 0.137 e. The fraction of sp³-hybridized carbons (Fsp3) is 0.262. The molecular weight excluding hydrogens is 576 g/mol. The Hall–Kier alpha value is -5.03. The van der Waals surface area contributed by atoms with Crippen molar-refractivity contribution in [1.82, 2.24) is 9.55 Å². The van der Waals surface area contributed by atoms with E-state index in [1.165, 1.54) is 33.2 Å². The quantitative estimate of drug-likeness (QED) is 0.178. The second-order valence-electron chi connectivity index (χ2n) is 14.3. The molecule has 1 aliphatic heterocycles. The molecule has 4 aromatic carbocycles. The number of hydrogen-bond donors (Lipinski definition) is 0. The van der Waals surface area contributed by atoms with Crippen molar-refractivity contribution < 1.29 is 4.74 Å². The fourth-order valence-corrected chi connectivity index (χ4v) is 6.53. The number of benzene rings is 4. The minimum Gasteiger partial charge on any atom is -0.457 e. The molecule has 0 spiro atoms. The summed E-state index contributed by atoms with van der Waals surface area (Å²) >= 11 is 0. The number of pyridine rings is 1. The molecule has 5 nitrogen and oxygen atoms in total. The third-order valence-electron chi connectivity index (χ3n) is 9.25. The van der Waals surface area contributed by atoms with Gasteiger partial charge in [0.2, 0.25) is 0 Å². The normalized spacial score (nSPS) is 13.6. The predicted molar refractivity (Wildman–Crippen MR) is 197 cm³/mol. The topological polar surface area (TPSA) is 33.5 Å². The van der Waals surface area contributed by atoms with Crippen LogP contribution >= 0.6 is 0 Å². The number of nitrogens with zero attached hydrogens (tertiary/aromatic N) is 4. The lowest BCUT2D eigenvalue weighted by atomic mass is 9.88. The monoisotopic (exact) mass is 620 g/mol. The Bertz CT molecular complexity index is 2110. The molecule has 2 aromatic heterocycles. The first-order chi connectivity index (χ1) is 22.6. The zero-order chi connectivity index (χ0) is 32.9. The number of fused-ring (bicyclic) bond motifs is 3. The van der Waals surface area contributed by atoms with Gasteiger partial charge in [-0.3, -0.25) is 4.57 Å². The molecule has 0 aliphatic carbocycles. The molecule has 7 rings (SSSR count). The van der Waals surface area contributed by atoms with Crippen LogP contribution in [-0.4, -0.2) is 16.2 Å². The predicted octanol–water partition coefficient (Wildman–Crippen LogP) is 11.3. The largest absolute Gasteiger partial charge is 0.457 e. The minimum absolute atomic E-state index is 0.0202. The van der Waals surface area contributed by atoms with Gasteiger partial charge in [-0.15, -0.1) is 0 Å². The molecular formula is C42H44N4O. The van der Waals surface area contributed by atoms with Gasteiger partial charge in [0.05, 0.1) is 17.7 Å². The molecule has 0 fully saturated rings. The zero-order valence-electron chi connectivity index (χ0n) is 28.5. The van der Waals surface area contributed by atoms with E-state index in [2.05, 4.69) is 166 Å². The molecule has 0 amide bonds. The highest BCUT2D eigenvalue weighted by atomic mass is 16.5. The summed E-state index contributed by atoms with van der Waals surface area (Å²) in [6.07, 6.45) is 6.25. The van der Waals surface area contributed by atoms with Crippen molar-refractivity contribution in [1.29, 1.82) is 0 Å². The van der Waals surface area contributed by atoms with Crippen molar-refractivity contribution in [3.8, 4) is 17.3 Å². The summed E-state index contributed by atoms with van der Waals surface area (Å²) in [6, 6.07) is 34.5. The van der Waals surface area contributed by atoms with Crippen molar-refractivity contribution in [2.75, 3.05) is 16.5 Å². The molecule has 0 radical (unpaired) electrons. The van der Waals surface area contributed by atoms with Crippen LogP contribution in [0.15, 0.2) is 116 Å². The van der Waals surface area contributed by atoms with Gasteiger partial charge in [-0.25, -0.2) is 4.98 Å². The van der Waals surface area contributed by atoms with Crippen molar-refractivity contribution in [3.63, 3.8) is 0 Å². The Morgan fingerprint density at radius 3 is 2.23 bits per heavy atom. The van der Waals surface area contributed by atoms with Crippen molar-refractivity contribution >= 4 is 33.2 Å². The van der Waals surface area contributed by atoms with Gasteiger partial charge >= 0.3 is 0 Å². The second kappa shape index (κ2) is 12.0. The standard InChI is InChI=1S/C42H44N4O/c1-28(2)30-15-18-38(37(23-30)29(3)4)45-22-21-44(27-45)32-11-10-12-33(25-32)47-34-16-17-36-35-13-8-9-14-39(35)46(40(36)26-34)41-24-31(19-20-43-41)42(5,6)7/h8-26,28-29H,27H2,1-7H3. The highest BCUT2D eigenvalue weighted by Crippen LogP contribution is 2.37. The summed E-state index contributed by atoms with van der Waals surface area (Å²) in [5, 5.41) is 2.37. The number of rotatable bonds is 7. The van der Waals surface area contributed by atoms with Crippen molar-refractivity contribution in [3.05, 3.63) is 132 Å². The first kappa shape index (κ1) is 30.6. The van der Waals surface area contributed by atoms with E-state index in [1.807, 2.05) is 12.3 Å². The number of aromatic nitrogens is 2. The van der Waals surface area contributed by atoms with Gasteiger partial charge in [0.15, 0.2) is 0 Å². The van der Waals surface area contributed by atoms with E-state index in [9.17, 15) is 0 Å². The van der Waals surface area contributed by atoms with E-state index >= 15 is 0 Å². The maximum absolute atomic E-state index is 6.55. The maximum Gasteiger partial charge on any atom is 0.137 e. The van der Waals surface area contributed by atoms with Gasteiger partial charge < -0.3 is 14.5 Å². The van der Waals surface area contributed by atoms with E-state index in [0.29, 0.717) is 11.8 Å². The summed E-state index contributed by atoms with van der Waals surface area (Å²) < 4.78 is 8.81. The van der Waals surface area contributed by atoms with Crippen LogP contribution in [0.5, 0.6) is 11.5 Å². The van der Waals surface area contributed by atoms with Gasteiger partial charge in [0.25, 0.3) is 0 Å². The molecule has 6 aromatic rings. The van der Waals surface area contributed by atoms with E-state index < -0.39 is 0 Å². The second-order valence-corrected chi connectivity index (χ2v) is 14.3. The molecule has 0 bridgehead atoms. The number of para-hydroxylation sites is 1. The van der Waals surface area contributed by atoms with Crippen LogP contribution in [0.25, 0.3) is 27.6 Å². The van der Waals surface area contributed by atoms with Gasteiger partial charge in [-0.05, 0) is 82.5 Å². The van der Waals surface area contributed by atoms with Crippen LogP contribution in [0.1, 0.15) is 77.0 Å². The molecule has 0 unspecified atom stereocenters. The molecule has 0 N–H and O–H groups in total. The van der Waals surface area contributed by atoms with Gasteiger partial charge in [-0.1, -0.05) is 84.9 Å². The van der Waals surface area contributed by atoms with E-state index in [0.717, 1.165) is 40.7 Å². The number of ether oxygens (including phenoxy) is 1. The minimum atomic E-state index is 0.0202. The number of hydrogen-bond acceptors (Lipinski definition) is 4. The van der Waals surface area contributed by atoms with Crippen LogP contribution in [-0.2, 0) is 5.41 Å². The summed E-state index contributed by atoms with van der Waals surface area (Å²) in [6.45, 7) is 16.5. The molecule has 0 saturated heterocycles. The lowest BCUT2D eigenvalue weighted by Crippen LogP contribution is -2.25. The molecule has 0 atom stereocenters. The van der Waals surface area contributed by atoms with Gasteiger partial charge in [-0.2, -0.15) is 0 Å². The Morgan fingerprint density at radius 2 is 1.45 bits per heavy atom. The molecule has 1 aliphatic rings. The fourth-order valence-electron chi connectivity index (χ4n) is 6.53. The van der Waals surface area contributed by atoms with Crippen LogP contribution < -0.4 is 14.5 Å². The average Bonchev–Trinajstić information content (AvgIpc) is 3.68. The summed E-state index contributed by atoms with van der Waals surface area (Å²) in [4.78, 5) is 9.43. The molecule has 3 heterocycles. The van der Waals surface area contributed by atoms with Crippen LogP contribution in [0.3, 0.4) is 0 Å². The summed E-state index contributed by atoms with van der Waals surface area (Å²) in [5.74, 6) is 3.45. The average molecular weight is 621 g/mol. The lowest BCUT2D eigenvalue weighted by molar-refractivity contribution is 0.483. The van der Waals surface area contributed by atoms with E-state index in [4.69, 9.17) is 9.72 Å².